The number of benzene rings is 2. The summed E-state index contributed by atoms with van der Waals surface area (Å²) in [5, 5.41) is 5.49. The van der Waals surface area contributed by atoms with Gasteiger partial charge >= 0.3 is 6.03 Å². The van der Waals surface area contributed by atoms with Gasteiger partial charge < -0.3 is 24.6 Å². The lowest BCUT2D eigenvalue weighted by Crippen LogP contribution is -2.49. The third-order valence-corrected chi connectivity index (χ3v) is 8.03. The van der Waals surface area contributed by atoms with Gasteiger partial charge in [-0.1, -0.05) is 50.1 Å². The van der Waals surface area contributed by atoms with E-state index in [0.29, 0.717) is 35.3 Å². The summed E-state index contributed by atoms with van der Waals surface area (Å²) in [5.41, 5.74) is 1.69. The van der Waals surface area contributed by atoms with Gasteiger partial charge in [-0.25, -0.2) is 4.79 Å². The van der Waals surface area contributed by atoms with Gasteiger partial charge in [0.15, 0.2) is 11.5 Å². The molecule has 0 bridgehead atoms. The van der Waals surface area contributed by atoms with E-state index in [0.717, 1.165) is 18.4 Å². The lowest BCUT2D eigenvalue weighted by molar-refractivity contribution is -0.135. The summed E-state index contributed by atoms with van der Waals surface area (Å²) in [6.07, 6.45) is 1.68. The largest absolute Gasteiger partial charge is 0.493 e. The van der Waals surface area contributed by atoms with Crippen LogP contribution in [0.25, 0.3) is 0 Å². The van der Waals surface area contributed by atoms with Crippen molar-refractivity contribution >= 4 is 40.6 Å². The number of carbonyl (C=O) groups is 2. The second kappa shape index (κ2) is 13.0. The van der Waals surface area contributed by atoms with Gasteiger partial charge in [0.2, 0.25) is 5.91 Å². The first-order chi connectivity index (χ1) is 18.4. The number of urea groups is 1. The number of carbonyl (C=O) groups excluding carboxylic acids is 2. The molecular weight excluding hydrogens is 522 g/mol. The SMILES string of the molecule is CC[C@H](C)CN(CC(=O)N1CCc2sccc2[C@H]1COc1ccccc1OC)C(=O)Nc1cccc(Cl)c1. The number of para-hydroxylation sites is 2. The number of methoxy groups -OCH3 is 1. The van der Waals surface area contributed by atoms with Crippen LogP contribution in [0.3, 0.4) is 0 Å². The summed E-state index contributed by atoms with van der Waals surface area (Å²) < 4.78 is 11.6. The van der Waals surface area contributed by atoms with E-state index in [1.165, 1.54) is 4.88 Å². The fraction of sp³-hybridized carbons (Fsp3) is 0.379. The van der Waals surface area contributed by atoms with E-state index in [2.05, 4.69) is 30.6 Å². The Bertz CT molecular complexity index is 1250. The van der Waals surface area contributed by atoms with Crippen molar-refractivity contribution in [1.82, 2.24) is 9.80 Å². The number of anilines is 1. The molecule has 9 heteroatoms. The molecule has 0 saturated carbocycles. The van der Waals surface area contributed by atoms with Crippen molar-refractivity contribution in [2.24, 2.45) is 5.92 Å². The zero-order valence-electron chi connectivity index (χ0n) is 22.0. The van der Waals surface area contributed by atoms with Crippen molar-refractivity contribution in [2.45, 2.75) is 32.7 Å². The minimum atomic E-state index is -0.323. The highest BCUT2D eigenvalue weighted by Crippen LogP contribution is 2.35. The van der Waals surface area contributed by atoms with Crippen LogP contribution in [0.4, 0.5) is 10.5 Å². The average molecular weight is 556 g/mol. The van der Waals surface area contributed by atoms with Gasteiger partial charge in [0.25, 0.3) is 0 Å². The molecule has 3 amide bonds. The zero-order valence-corrected chi connectivity index (χ0v) is 23.6. The van der Waals surface area contributed by atoms with E-state index >= 15 is 0 Å². The molecule has 1 aliphatic heterocycles. The summed E-state index contributed by atoms with van der Waals surface area (Å²) >= 11 is 7.80. The second-order valence-electron chi connectivity index (χ2n) is 9.45. The number of thiophene rings is 1. The van der Waals surface area contributed by atoms with E-state index < -0.39 is 0 Å². The molecule has 2 heterocycles. The third-order valence-electron chi connectivity index (χ3n) is 6.80. The van der Waals surface area contributed by atoms with Crippen LogP contribution in [0.2, 0.25) is 5.02 Å². The Morgan fingerprint density at radius 2 is 1.97 bits per heavy atom. The van der Waals surface area contributed by atoms with Crippen molar-refractivity contribution in [3.8, 4) is 11.5 Å². The summed E-state index contributed by atoms with van der Waals surface area (Å²) in [5.74, 6) is 1.40. The smallest absolute Gasteiger partial charge is 0.322 e. The first kappa shape index (κ1) is 27.8. The highest BCUT2D eigenvalue weighted by Gasteiger charge is 2.34. The van der Waals surface area contributed by atoms with Gasteiger partial charge in [-0.3, -0.25) is 4.79 Å². The monoisotopic (exact) mass is 555 g/mol. The lowest BCUT2D eigenvalue weighted by Gasteiger charge is -2.37. The summed E-state index contributed by atoms with van der Waals surface area (Å²) in [7, 11) is 1.61. The van der Waals surface area contributed by atoms with E-state index in [9.17, 15) is 9.59 Å². The van der Waals surface area contributed by atoms with Crippen LogP contribution in [0, 0.1) is 5.92 Å². The van der Waals surface area contributed by atoms with E-state index in [1.54, 1.807) is 47.6 Å². The van der Waals surface area contributed by atoms with Gasteiger partial charge in [-0.2, -0.15) is 0 Å². The maximum absolute atomic E-state index is 13.8. The Morgan fingerprint density at radius 3 is 2.71 bits per heavy atom. The van der Waals surface area contributed by atoms with Gasteiger partial charge in [0, 0.05) is 28.7 Å². The number of rotatable bonds is 10. The maximum Gasteiger partial charge on any atom is 0.322 e. The zero-order chi connectivity index (χ0) is 27.1. The number of nitrogens with zero attached hydrogens (tertiary/aromatic N) is 2. The molecule has 2 atom stereocenters. The van der Waals surface area contributed by atoms with E-state index in [1.807, 2.05) is 29.2 Å². The van der Waals surface area contributed by atoms with Crippen LogP contribution in [-0.2, 0) is 11.2 Å². The Balaban J connectivity index is 1.52. The molecule has 1 N–H and O–H groups in total. The van der Waals surface area contributed by atoms with Crippen LogP contribution in [-0.4, -0.2) is 55.1 Å². The fourth-order valence-electron chi connectivity index (χ4n) is 4.53. The molecule has 0 unspecified atom stereocenters. The number of halogens is 1. The minimum Gasteiger partial charge on any atom is -0.493 e. The second-order valence-corrected chi connectivity index (χ2v) is 10.9. The van der Waals surface area contributed by atoms with Crippen LogP contribution in [0.15, 0.2) is 60.0 Å². The molecule has 202 valence electrons. The molecule has 0 radical (unpaired) electrons. The van der Waals surface area contributed by atoms with Gasteiger partial charge in [0.05, 0.1) is 13.2 Å². The highest BCUT2D eigenvalue weighted by molar-refractivity contribution is 7.10. The summed E-state index contributed by atoms with van der Waals surface area (Å²) in [6, 6.07) is 16.0. The Hall–Kier alpha value is -3.23. The molecule has 7 nitrogen and oxygen atoms in total. The topological polar surface area (TPSA) is 71.1 Å². The number of ether oxygens (including phenoxy) is 2. The van der Waals surface area contributed by atoms with Crippen molar-refractivity contribution in [3.63, 3.8) is 0 Å². The molecule has 1 aromatic heterocycles. The molecule has 2 aromatic carbocycles. The van der Waals surface area contributed by atoms with Crippen molar-refractivity contribution in [3.05, 3.63) is 75.4 Å². The van der Waals surface area contributed by atoms with Crippen LogP contribution in [0.1, 0.15) is 36.8 Å². The summed E-state index contributed by atoms with van der Waals surface area (Å²) in [4.78, 5) is 31.8. The molecule has 1 aliphatic rings. The summed E-state index contributed by atoms with van der Waals surface area (Å²) in [6.45, 7) is 5.45. The molecule has 0 fully saturated rings. The number of hydrogen-bond acceptors (Lipinski definition) is 5. The van der Waals surface area contributed by atoms with Crippen molar-refractivity contribution < 1.29 is 19.1 Å². The number of fused-ring (bicyclic) bond motifs is 1. The quantitative estimate of drug-likeness (QED) is 0.310. The normalized spacial score (nSPS) is 15.4. The molecule has 0 spiro atoms. The van der Waals surface area contributed by atoms with E-state index in [4.69, 9.17) is 21.1 Å². The minimum absolute atomic E-state index is 0.0264. The highest BCUT2D eigenvalue weighted by atomic mass is 35.5. The van der Waals surface area contributed by atoms with Gasteiger partial charge in [-0.15, -0.1) is 11.3 Å². The van der Waals surface area contributed by atoms with Crippen molar-refractivity contribution in [2.75, 3.05) is 38.7 Å². The molecule has 0 saturated heterocycles. The first-order valence-electron chi connectivity index (χ1n) is 12.8. The number of nitrogens with one attached hydrogen (secondary N) is 1. The van der Waals surface area contributed by atoms with E-state index in [-0.39, 0.29) is 37.0 Å². The molecule has 0 aliphatic carbocycles. The predicted molar refractivity (Wildman–Crippen MR) is 152 cm³/mol. The van der Waals surface area contributed by atoms with Crippen molar-refractivity contribution in [1.29, 1.82) is 0 Å². The molecule has 3 aromatic rings. The molecular formula is C29H34ClN3O4S. The number of amides is 3. The molecule has 4 rings (SSSR count). The third kappa shape index (κ3) is 6.79. The van der Waals surface area contributed by atoms with Gasteiger partial charge in [-0.05, 0) is 59.7 Å². The predicted octanol–water partition coefficient (Wildman–Crippen LogP) is 6.50. The average Bonchev–Trinajstić information content (AvgIpc) is 3.40. The fourth-order valence-corrected chi connectivity index (χ4v) is 5.65. The number of hydrogen-bond donors (Lipinski definition) is 1. The lowest BCUT2D eigenvalue weighted by atomic mass is 10.00. The van der Waals surface area contributed by atoms with Gasteiger partial charge in [0.1, 0.15) is 13.2 Å². The van der Waals surface area contributed by atoms with Crippen LogP contribution in [0.5, 0.6) is 11.5 Å². The Morgan fingerprint density at radius 1 is 1.18 bits per heavy atom. The Kier molecular flexibility index (Phi) is 9.53. The Labute approximate surface area is 233 Å². The standard InChI is InChI=1S/C29H34ClN3O4S/c1-4-20(2)17-32(29(35)31-22-9-7-8-21(30)16-22)18-28(34)33-14-12-27-23(13-15-38-27)24(33)19-37-26-11-6-5-10-25(26)36-3/h5-11,13,15-16,20,24H,4,12,14,17-19H2,1-3H3,(H,31,35)/t20-,24+/m0/s1. The van der Waals surface area contributed by atoms with Crippen LogP contribution >= 0.6 is 22.9 Å². The molecule has 38 heavy (non-hydrogen) atoms. The maximum atomic E-state index is 13.8. The van der Waals surface area contributed by atoms with Crippen LogP contribution < -0.4 is 14.8 Å². The first-order valence-corrected chi connectivity index (χ1v) is 14.1.